The minimum atomic E-state index is -0.474. The van der Waals surface area contributed by atoms with Crippen LogP contribution in [0, 0.1) is 10.1 Å². The Kier molecular flexibility index (Phi) is 4.86. The van der Waals surface area contributed by atoms with Crippen LogP contribution in [0.15, 0.2) is 18.2 Å². The van der Waals surface area contributed by atoms with Crippen LogP contribution in [-0.4, -0.2) is 34.6 Å². The van der Waals surface area contributed by atoms with Crippen LogP contribution in [0.4, 0.5) is 5.69 Å². The third-order valence-electron chi connectivity index (χ3n) is 2.25. The third kappa shape index (κ3) is 4.30. The molecule has 0 heterocycles. The summed E-state index contributed by atoms with van der Waals surface area (Å²) in [7, 11) is 1.79. The first-order valence-electron chi connectivity index (χ1n) is 5.19. The molecule has 0 bridgehead atoms. The van der Waals surface area contributed by atoms with Crippen molar-refractivity contribution in [2.75, 3.05) is 13.6 Å². The number of halogens is 1. The number of hydrogen-bond acceptors (Lipinski definition) is 4. The van der Waals surface area contributed by atoms with Crippen LogP contribution in [-0.2, 0) is 6.54 Å². The van der Waals surface area contributed by atoms with Gasteiger partial charge in [0.15, 0.2) is 0 Å². The van der Waals surface area contributed by atoms with Gasteiger partial charge in [-0.05, 0) is 26.1 Å². The van der Waals surface area contributed by atoms with E-state index in [1.165, 1.54) is 12.1 Å². The number of nitro groups is 1. The molecule has 0 aromatic heterocycles. The van der Waals surface area contributed by atoms with Gasteiger partial charge < -0.3 is 5.11 Å². The average molecular weight is 259 g/mol. The third-order valence-corrected chi connectivity index (χ3v) is 2.49. The van der Waals surface area contributed by atoms with E-state index in [0.29, 0.717) is 23.7 Å². The van der Waals surface area contributed by atoms with Crippen LogP contribution in [0.2, 0.25) is 5.02 Å². The summed E-state index contributed by atoms with van der Waals surface area (Å²) in [6.45, 7) is 2.49. The minimum absolute atomic E-state index is 0.0480. The molecule has 1 rings (SSSR count). The molecule has 1 aromatic carbocycles. The zero-order valence-electron chi connectivity index (χ0n) is 9.76. The molecule has 17 heavy (non-hydrogen) atoms. The van der Waals surface area contributed by atoms with Crippen LogP contribution in [0.3, 0.4) is 0 Å². The Morgan fingerprint density at radius 2 is 2.24 bits per heavy atom. The van der Waals surface area contributed by atoms with E-state index in [9.17, 15) is 15.2 Å². The van der Waals surface area contributed by atoms with Crippen molar-refractivity contribution in [1.82, 2.24) is 4.90 Å². The zero-order valence-corrected chi connectivity index (χ0v) is 10.5. The summed E-state index contributed by atoms with van der Waals surface area (Å²) in [5.41, 5.74) is 0.595. The highest BCUT2D eigenvalue weighted by molar-refractivity contribution is 6.30. The smallest absolute Gasteiger partial charge is 0.273 e. The lowest BCUT2D eigenvalue weighted by Crippen LogP contribution is -2.27. The molecule has 1 N–H and O–H groups in total. The highest BCUT2D eigenvalue weighted by Crippen LogP contribution is 2.23. The van der Waals surface area contributed by atoms with Crippen molar-refractivity contribution in [1.29, 1.82) is 0 Å². The lowest BCUT2D eigenvalue weighted by molar-refractivity contribution is -0.385. The molecule has 1 aromatic rings. The van der Waals surface area contributed by atoms with Crippen molar-refractivity contribution in [3.05, 3.63) is 38.9 Å². The van der Waals surface area contributed by atoms with Crippen molar-refractivity contribution in [2.45, 2.75) is 19.6 Å². The highest BCUT2D eigenvalue weighted by Gasteiger charge is 2.15. The Morgan fingerprint density at radius 1 is 1.59 bits per heavy atom. The maximum atomic E-state index is 10.8. The fourth-order valence-electron chi connectivity index (χ4n) is 1.67. The second-order valence-electron chi connectivity index (χ2n) is 4.08. The second-order valence-corrected chi connectivity index (χ2v) is 4.51. The topological polar surface area (TPSA) is 66.6 Å². The molecule has 0 aliphatic heterocycles. The van der Waals surface area contributed by atoms with Crippen molar-refractivity contribution in [3.8, 4) is 0 Å². The SMILES string of the molecule is CC(O)CN(C)Cc1cc(Cl)ccc1[N+](=O)[O-]. The fraction of sp³-hybridized carbons (Fsp3) is 0.455. The number of nitro benzene ring substituents is 1. The Bertz CT molecular complexity index is 410. The van der Waals surface area contributed by atoms with Crippen molar-refractivity contribution in [2.24, 2.45) is 0 Å². The Labute approximate surface area is 105 Å². The molecule has 6 heteroatoms. The van der Waals surface area contributed by atoms with Gasteiger partial charge >= 0.3 is 0 Å². The molecule has 94 valence electrons. The number of rotatable bonds is 5. The monoisotopic (exact) mass is 258 g/mol. The lowest BCUT2D eigenvalue weighted by atomic mass is 10.1. The summed E-state index contributed by atoms with van der Waals surface area (Å²) in [5, 5.41) is 20.5. The van der Waals surface area contributed by atoms with Crippen molar-refractivity contribution in [3.63, 3.8) is 0 Å². The van der Waals surface area contributed by atoms with E-state index in [1.807, 2.05) is 4.90 Å². The van der Waals surface area contributed by atoms with E-state index in [-0.39, 0.29) is 5.69 Å². The van der Waals surface area contributed by atoms with Crippen LogP contribution in [0.25, 0.3) is 0 Å². The predicted molar refractivity (Wildman–Crippen MR) is 66.1 cm³/mol. The molecule has 0 spiro atoms. The number of nitrogens with zero attached hydrogens (tertiary/aromatic N) is 2. The molecule has 0 aliphatic carbocycles. The van der Waals surface area contributed by atoms with E-state index in [0.717, 1.165) is 0 Å². The van der Waals surface area contributed by atoms with Crippen LogP contribution in [0.5, 0.6) is 0 Å². The van der Waals surface area contributed by atoms with Gasteiger partial charge in [0.1, 0.15) is 0 Å². The number of aliphatic hydroxyl groups excluding tert-OH is 1. The molecule has 0 fully saturated rings. The standard InChI is InChI=1S/C11H15ClN2O3/c1-8(15)6-13(2)7-9-5-10(12)3-4-11(9)14(16)17/h3-5,8,15H,6-7H2,1-2H3. The van der Waals surface area contributed by atoms with Gasteiger partial charge in [0.05, 0.1) is 11.0 Å². The van der Waals surface area contributed by atoms with Gasteiger partial charge in [-0.2, -0.15) is 0 Å². The second kappa shape index (κ2) is 5.95. The Balaban J connectivity index is 2.88. The average Bonchev–Trinajstić information content (AvgIpc) is 2.15. The first-order chi connectivity index (χ1) is 7.90. The van der Waals surface area contributed by atoms with E-state index in [2.05, 4.69) is 0 Å². The predicted octanol–water partition coefficient (Wildman–Crippen LogP) is 2.06. The lowest BCUT2D eigenvalue weighted by Gasteiger charge is -2.18. The van der Waals surface area contributed by atoms with Gasteiger partial charge in [-0.3, -0.25) is 15.0 Å². The maximum Gasteiger partial charge on any atom is 0.273 e. The summed E-state index contributed by atoms with van der Waals surface area (Å²) < 4.78 is 0. The minimum Gasteiger partial charge on any atom is -0.392 e. The normalized spacial score (nSPS) is 12.8. The molecule has 1 atom stereocenters. The van der Waals surface area contributed by atoms with Gasteiger partial charge in [-0.15, -0.1) is 0 Å². The van der Waals surface area contributed by atoms with Crippen molar-refractivity contribution >= 4 is 17.3 Å². The summed E-state index contributed by atoms with van der Waals surface area (Å²) >= 11 is 5.82. The van der Waals surface area contributed by atoms with E-state index < -0.39 is 11.0 Å². The van der Waals surface area contributed by atoms with Crippen LogP contribution >= 0.6 is 11.6 Å². The maximum absolute atomic E-state index is 10.8. The van der Waals surface area contributed by atoms with Gasteiger partial charge in [0.25, 0.3) is 5.69 Å². The summed E-state index contributed by atoms with van der Waals surface area (Å²) in [4.78, 5) is 12.2. The van der Waals surface area contributed by atoms with Gasteiger partial charge in [0, 0.05) is 29.7 Å². The molecule has 0 aliphatic rings. The summed E-state index contributed by atoms with van der Waals surface area (Å²) in [5.74, 6) is 0. The zero-order chi connectivity index (χ0) is 13.0. The van der Waals surface area contributed by atoms with Gasteiger partial charge in [-0.1, -0.05) is 11.6 Å². The van der Waals surface area contributed by atoms with Crippen molar-refractivity contribution < 1.29 is 10.0 Å². The molecule has 0 radical (unpaired) electrons. The van der Waals surface area contributed by atoms with Gasteiger partial charge in [0.2, 0.25) is 0 Å². The van der Waals surface area contributed by atoms with E-state index >= 15 is 0 Å². The molecule has 0 saturated carbocycles. The molecule has 0 amide bonds. The summed E-state index contributed by atoms with van der Waals surface area (Å²) in [6, 6.07) is 4.48. The first kappa shape index (κ1) is 13.9. The number of aliphatic hydroxyl groups is 1. The number of benzene rings is 1. The molecular formula is C11H15ClN2O3. The molecule has 0 saturated heterocycles. The Hall–Kier alpha value is -1.17. The number of likely N-dealkylation sites (N-methyl/N-ethyl adjacent to an activating group) is 1. The fourth-order valence-corrected chi connectivity index (χ4v) is 1.86. The van der Waals surface area contributed by atoms with Crippen LogP contribution in [0.1, 0.15) is 12.5 Å². The Morgan fingerprint density at radius 3 is 2.76 bits per heavy atom. The van der Waals surface area contributed by atoms with E-state index in [4.69, 9.17) is 11.6 Å². The summed E-state index contributed by atoms with van der Waals surface area (Å²) in [6.07, 6.45) is -0.474. The van der Waals surface area contributed by atoms with E-state index in [1.54, 1.807) is 20.0 Å². The quantitative estimate of drug-likeness (QED) is 0.648. The largest absolute Gasteiger partial charge is 0.392 e. The highest BCUT2D eigenvalue weighted by atomic mass is 35.5. The number of hydrogen-bond donors (Lipinski definition) is 1. The van der Waals surface area contributed by atoms with Crippen LogP contribution < -0.4 is 0 Å². The first-order valence-corrected chi connectivity index (χ1v) is 5.57. The van der Waals surface area contributed by atoms with Gasteiger partial charge in [-0.25, -0.2) is 0 Å². The molecular weight excluding hydrogens is 244 g/mol. The molecule has 5 nitrogen and oxygen atoms in total. The molecule has 1 unspecified atom stereocenters.